The van der Waals surface area contributed by atoms with Crippen LogP contribution in [0.3, 0.4) is 0 Å². The summed E-state index contributed by atoms with van der Waals surface area (Å²) in [4.78, 5) is 21.9. The van der Waals surface area contributed by atoms with E-state index in [2.05, 4.69) is 58.4 Å². The van der Waals surface area contributed by atoms with Crippen molar-refractivity contribution in [3.8, 4) is 28.8 Å². The summed E-state index contributed by atoms with van der Waals surface area (Å²) in [6.45, 7) is 5.72. The van der Waals surface area contributed by atoms with E-state index in [-0.39, 0.29) is 48.1 Å². The Balaban J connectivity index is 1.09. The lowest BCUT2D eigenvalue weighted by atomic mass is 9.77. The third-order valence-electron chi connectivity index (χ3n) is 15.7. The number of piperazine rings is 1. The minimum absolute atomic E-state index is 0.0426. The number of fused-ring (bicyclic) bond motifs is 7. The molecule has 6 aliphatic rings. The first kappa shape index (κ1) is 42.5. The number of hydrogen-bond acceptors (Lipinski definition) is 10. The van der Waals surface area contributed by atoms with E-state index >= 15 is 13.2 Å². The van der Waals surface area contributed by atoms with Gasteiger partial charge in [-0.05, 0) is 148 Å². The summed E-state index contributed by atoms with van der Waals surface area (Å²) in [5.74, 6) is -2.33. The molecule has 3 aromatic carbocycles. The fraction of sp³-hybridized carbons (Fsp3) is 0.519. The molecule has 4 atom stereocenters. The Morgan fingerprint density at radius 1 is 0.815 bits per heavy atom. The molecule has 2 aromatic heterocycles. The number of methoxy groups -OCH3 is 2. The van der Waals surface area contributed by atoms with Crippen LogP contribution in [0.5, 0.6) is 17.5 Å². The summed E-state index contributed by atoms with van der Waals surface area (Å²) in [6.07, 6.45) is 9.69. The number of benzene rings is 3. The van der Waals surface area contributed by atoms with Gasteiger partial charge in [-0.3, -0.25) is 4.90 Å². The third-order valence-corrected chi connectivity index (χ3v) is 15.7. The normalized spacial score (nSPS) is 25.4. The van der Waals surface area contributed by atoms with Gasteiger partial charge in [-0.15, -0.1) is 0 Å². The minimum Gasteiger partial charge on any atom is -0.497 e. The molecule has 0 amide bonds. The summed E-state index contributed by atoms with van der Waals surface area (Å²) in [5.41, 5.74) is 7.20. The lowest BCUT2D eigenvalue weighted by molar-refractivity contribution is 0.00892. The Morgan fingerprint density at radius 3 is 2.18 bits per heavy atom. The van der Waals surface area contributed by atoms with Crippen LogP contribution in [0.15, 0.2) is 60.7 Å². The maximum Gasteiger partial charge on any atom is 0.319 e. The van der Waals surface area contributed by atoms with Gasteiger partial charge in [0.25, 0.3) is 0 Å². The van der Waals surface area contributed by atoms with Gasteiger partial charge in [-0.1, -0.05) is 31.2 Å². The molecule has 1 aliphatic carbocycles. The maximum absolute atomic E-state index is 18.3. The van der Waals surface area contributed by atoms with Crippen LogP contribution in [0.4, 0.5) is 24.7 Å². The van der Waals surface area contributed by atoms with Crippen molar-refractivity contribution >= 4 is 22.4 Å². The summed E-state index contributed by atoms with van der Waals surface area (Å²) >= 11 is 0. The van der Waals surface area contributed by atoms with Crippen molar-refractivity contribution < 1.29 is 27.4 Å². The molecule has 1 unspecified atom stereocenters. The molecule has 2 bridgehead atoms. The Labute approximate surface area is 379 Å². The Kier molecular flexibility index (Phi) is 10.9. The van der Waals surface area contributed by atoms with Crippen molar-refractivity contribution in [1.29, 1.82) is 0 Å². The van der Waals surface area contributed by atoms with Crippen LogP contribution in [0, 0.1) is 5.82 Å². The monoisotopic (exact) mass is 887 g/mol. The van der Waals surface area contributed by atoms with Gasteiger partial charge in [-0.25, -0.2) is 23.5 Å². The highest BCUT2D eigenvalue weighted by Gasteiger charge is 2.60. The number of alkyl halides is 2. The first-order valence-electron chi connectivity index (χ1n) is 24.0. The lowest BCUT2D eigenvalue weighted by Gasteiger charge is -2.47. The van der Waals surface area contributed by atoms with Crippen LogP contribution in [0.1, 0.15) is 111 Å². The van der Waals surface area contributed by atoms with Gasteiger partial charge >= 0.3 is 6.01 Å². The SMILES string of the molecule is CCC1CCCc2cc(N(Cc3ccc(OC)cc3)Cc3ccc(OC)cc3)cc(-c3nc4c5c(nc(OCC67CCCN6CCC7)nc5c3F)N3C[C@@]5(F)CC[C@](F)(N5)[C@H]3CCC4)c21. The molecule has 10 nitrogen and oxygen atoms in total. The Bertz CT molecular complexity index is 2540. The van der Waals surface area contributed by atoms with Crippen LogP contribution in [-0.4, -0.2) is 83.5 Å². The van der Waals surface area contributed by atoms with Crippen LogP contribution in [0.25, 0.3) is 22.2 Å². The fourth-order valence-corrected chi connectivity index (χ4v) is 12.4. The fourth-order valence-electron chi connectivity index (χ4n) is 12.4. The van der Waals surface area contributed by atoms with E-state index < -0.39 is 23.4 Å². The molecule has 5 aliphatic heterocycles. The first-order chi connectivity index (χ1) is 31.6. The maximum atomic E-state index is 18.3. The molecule has 0 radical (unpaired) electrons. The Morgan fingerprint density at radius 2 is 1.51 bits per heavy atom. The predicted octanol–water partition coefficient (Wildman–Crippen LogP) is 10.1. The molecule has 11 rings (SSSR count). The van der Waals surface area contributed by atoms with Crippen LogP contribution in [-0.2, 0) is 25.9 Å². The van der Waals surface area contributed by atoms with Crippen molar-refractivity contribution in [2.45, 2.75) is 133 Å². The zero-order valence-electron chi connectivity index (χ0n) is 37.9. The molecule has 0 spiro atoms. The van der Waals surface area contributed by atoms with Crippen molar-refractivity contribution in [3.05, 3.63) is 94.4 Å². The highest BCUT2D eigenvalue weighted by Crippen LogP contribution is 2.50. The summed E-state index contributed by atoms with van der Waals surface area (Å²) in [7, 11) is 3.34. The molecule has 4 saturated heterocycles. The highest BCUT2D eigenvalue weighted by atomic mass is 19.2. The quantitative estimate of drug-likeness (QED) is 0.122. The second-order valence-electron chi connectivity index (χ2n) is 19.6. The molecule has 13 heteroatoms. The van der Waals surface area contributed by atoms with Gasteiger partial charge in [0, 0.05) is 37.2 Å². The molecule has 1 N–H and O–H groups in total. The number of halogens is 3. The number of rotatable bonds is 12. The van der Waals surface area contributed by atoms with Gasteiger partial charge in [0.15, 0.2) is 17.4 Å². The van der Waals surface area contributed by atoms with E-state index in [0.717, 1.165) is 104 Å². The molecule has 5 aromatic rings. The largest absolute Gasteiger partial charge is 0.497 e. The number of anilines is 2. The van der Waals surface area contributed by atoms with E-state index in [4.69, 9.17) is 29.2 Å². The van der Waals surface area contributed by atoms with Crippen molar-refractivity contribution in [3.63, 3.8) is 0 Å². The Hall–Kier alpha value is -5.14. The summed E-state index contributed by atoms with van der Waals surface area (Å²) in [5, 5.41) is 3.15. The minimum atomic E-state index is -1.94. The van der Waals surface area contributed by atoms with Gasteiger partial charge in [0.1, 0.15) is 35.1 Å². The van der Waals surface area contributed by atoms with E-state index in [0.29, 0.717) is 55.9 Å². The van der Waals surface area contributed by atoms with Gasteiger partial charge in [-0.2, -0.15) is 9.97 Å². The predicted molar refractivity (Wildman–Crippen MR) is 247 cm³/mol. The third kappa shape index (κ3) is 7.54. The average Bonchev–Trinajstić information content (AvgIpc) is 3.99. The molecule has 0 saturated carbocycles. The zero-order valence-corrected chi connectivity index (χ0v) is 37.9. The van der Waals surface area contributed by atoms with E-state index in [9.17, 15) is 0 Å². The summed E-state index contributed by atoms with van der Waals surface area (Å²) in [6, 6.07) is 20.1. The van der Waals surface area contributed by atoms with E-state index in [1.54, 1.807) is 19.1 Å². The molecule has 4 fully saturated rings. The van der Waals surface area contributed by atoms with Crippen molar-refractivity contribution in [2.75, 3.05) is 50.3 Å². The van der Waals surface area contributed by atoms with Crippen LogP contribution in [0.2, 0.25) is 0 Å². The first-order valence-corrected chi connectivity index (χ1v) is 24.0. The summed E-state index contributed by atoms with van der Waals surface area (Å²) < 4.78 is 69.2. The van der Waals surface area contributed by atoms with E-state index in [1.807, 2.05) is 24.3 Å². The number of hydrogen-bond donors (Lipinski definition) is 1. The van der Waals surface area contributed by atoms with Crippen molar-refractivity contribution in [2.24, 2.45) is 0 Å². The standard InChI is InChI=1S/C52H60F3N7O3/c1-4-35-9-5-10-36-27-37(60(29-33-13-17-38(63-2)18-14-33)30-34-15-19-39(64-3)20-16-34)28-40(43(35)36)46-45(53)47-44-41(56-46)11-6-12-42-52(55)24-23-51(54,59-52)31-62(42)48(44)58-49(57-47)65-32-50-21-7-25-61(50)26-8-22-50/h13-20,27-28,35,42,59H,4-12,21-26,29-32H2,1-3H3/t35?,42-,51-,52+/m1/s1. The number of nitrogens with zero attached hydrogens (tertiary/aromatic N) is 6. The van der Waals surface area contributed by atoms with Crippen LogP contribution < -0.4 is 29.3 Å². The lowest BCUT2D eigenvalue weighted by Crippen LogP contribution is -2.68. The van der Waals surface area contributed by atoms with Crippen LogP contribution >= 0.6 is 0 Å². The second-order valence-corrected chi connectivity index (χ2v) is 19.6. The number of ether oxygens (including phenoxy) is 3. The number of nitrogens with one attached hydrogen (secondary N) is 1. The number of pyridine rings is 1. The highest BCUT2D eigenvalue weighted by molar-refractivity contribution is 5.95. The molecule has 65 heavy (non-hydrogen) atoms. The smallest absolute Gasteiger partial charge is 0.319 e. The zero-order chi connectivity index (χ0) is 44.5. The molecule has 7 heterocycles. The number of aromatic nitrogens is 3. The molecular weight excluding hydrogens is 828 g/mol. The molecule has 342 valence electrons. The van der Waals surface area contributed by atoms with Gasteiger partial charge in [0.2, 0.25) is 0 Å². The van der Waals surface area contributed by atoms with E-state index in [1.165, 1.54) is 5.56 Å². The molecular formula is C52H60F3N7O3. The van der Waals surface area contributed by atoms with Crippen molar-refractivity contribution in [1.82, 2.24) is 25.2 Å². The second kappa shape index (κ2) is 16.6. The topological polar surface area (TPSA) is 88.1 Å². The van der Waals surface area contributed by atoms with Gasteiger partial charge < -0.3 is 24.0 Å². The average molecular weight is 888 g/mol. The van der Waals surface area contributed by atoms with Gasteiger partial charge in [0.05, 0.1) is 43.4 Å². The number of aryl methyl sites for hydroxylation is 2.